The third-order valence-corrected chi connectivity index (χ3v) is 3.19. The van der Waals surface area contributed by atoms with E-state index in [2.05, 4.69) is 30.9 Å². The van der Waals surface area contributed by atoms with Crippen LogP contribution >= 0.6 is 0 Å². The van der Waals surface area contributed by atoms with Crippen LogP contribution in [0.25, 0.3) is 0 Å². The number of anilines is 1. The molecule has 3 heteroatoms. The van der Waals surface area contributed by atoms with Crippen LogP contribution in [-0.4, -0.2) is 37.0 Å². The van der Waals surface area contributed by atoms with Crippen molar-refractivity contribution in [3.63, 3.8) is 0 Å². The predicted molar refractivity (Wildman–Crippen MR) is 64.8 cm³/mol. The number of benzene rings is 1. The van der Waals surface area contributed by atoms with Crippen LogP contribution < -0.4 is 4.90 Å². The molecular formula is C13H19NO2. The van der Waals surface area contributed by atoms with E-state index in [9.17, 15) is 5.11 Å². The minimum atomic E-state index is -0.375. The van der Waals surface area contributed by atoms with Crippen LogP contribution in [0.1, 0.15) is 12.5 Å². The lowest BCUT2D eigenvalue weighted by Crippen LogP contribution is -2.43. The van der Waals surface area contributed by atoms with Crippen LogP contribution in [0.3, 0.4) is 0 Å². The van der Waals surface area contributed by atoms with E-state index in [1.54, 1.807) is 0 Å². The highest BCUT2D eigenvalue weighted by molar-refractivity contribution is 5.54. The molecule has 88 valence electrons. The molecule has 0 aliphatic carbocycles. The molecule has 0 bridgehead atoms. The highest BCUT2D eigenvalue weighted by Crippen LogP contribution is 2.24. The van der Waals surface area contributed by atoms with Gasteiger partial charge in [-0.25, -0.2) is 0 Å². The Hall–Kier alpha value is -1.06. The summed E-state index contributed by atoms with van der Waals surface area (Å²) in [6.45, 7) is 6.16. The van der Waals surface area contributed by atoms with Gasteiger partial charge >= 0.3 is 0 Å². The number of aryl methyl sites for hydroxylation is 1. The summed E-state index contributed by atoms with van der Waals surface area (Å²) < 4.78 is 5.32. The maximum atomic E-state index is 9.88. The van der Waals surface area contributed by atoms with Gasteiger partial charge in [0.1, 0.15) is 0 Å². The smallest absolute Gasteiger partial charge is 0.0998 e. The van der Waals surface area contributed by atoms with Gasteiger partial charge in [-0.2, -0.15) is 0 Å². The van der Waals surface area contributed by atoms with Gasteiger partial charge in [-0.15, -0.1) is 0 Å². The molecule has 0 saturated carbocycles. The Balaban J connectivity index is 2.25. The zero-order valence-electron chi connectivity index (χ0n) is 9.89. The van der Waals surface area contributed by atoms with Crippen molar-refractivity contribution >= 4 is 5.69 Å². The van der Waals surface area contributed by atoms with Crippen LogP contribution in [0.5, 0.6) is 0 Å². The zero-order valence-corrected chi connectivity index (χ0v) is 9.89. The topological polar surface area (TPSA) is 32.7 Å². The summed E-state index contributed by atoms with van der Waals surface area (Å²) in [7, 11) is 0. The third kappa shape index (κ3) is 2.06. The van der Waals surface area contributed by atoms with Crippen LogP contribution in [0, 0.1) is 6.92 Å². The zero-order chi connectivity index (χ0) is 11.5. The molecule has 1 saturated heterocycles. The highest BCUT2D eigenvalue weighted by Gasteiger charge is 2.31. The van der Waals surface area contributed by atoms with Crippen molar-refractivity contribution in [2.75, 3.05) is 24.7 Å². The van der Waals surface area contributed by atoms with Crippen molar-refractivity contribution < 1.29 is 9.84 Å². The first-order chi connectivity index (χ1) is 7.74. The van der Waals surface area contributed by atoms with Gasteiger partial charge in [0.2, 0.25) is 0 Å². The van der Waals surface area contributed by atoms with E-state index in [1.807, 2.05) is 12.1 Å². The first kappa shape index (κ1) is 11.4. The standard InChI is InChI=1S/C13H19NO2/c1-3-14(12-8-16-9-13(12)15)11-7-5-4-6-10(11)2/h4-7,12-13,15H,3,8-9H2,1-2H3/t12-,13-/m1/s1. The number of para-hydroxylation sites is 1. The summed E-state index contributed by atoms with van der Waals surface area (Å²) in [5, 5.41) is 9.88. The van der Waals surface area contributed by atoms with Crippen molar-refractivity contribution in [2.24, 2.45) is 0 Å². The molecule has 0 radical (unpaired) electrons. The number of hydrogen-bond donors (Lipinski definition) is 1. The van der Waals surface area contributed by atoms with Crippen LogP contribution in [0.2, 0.25) is 0 Å². The lowest BCUT2D eigenvalue weighted by Gasteiger charge is -2.32. The summed E-state index contributed by atoms with van der Waals surface area (Å²) in [5.41, 5.74) is 2.43. The molecule has 0 amide bonds. The number of aliphatic hydroxyl groups is 1. The quantitative estimate of drug-likeness (QED) is 0.841. The molecular weight excluding hydrogens is 202 g/mol. The molecule has 1 aromatic carbocycles. The van der Waals surface area contributed by atoms with E-state index in [1.165, 1.54) is 11.3 Å². The summed E-state index contributed by atoms with van der Waals surface area (Å²) in [6.07, 6.45) is -0.375. The molecule has 1 aromatic rings. The van der Waals surface area contributed by atoms with Gasteiger partial charge < -0.3 is 14.7 Å². The number of aliphatic hydroxyl groups excluding tert-OH is 1. The number of nitrogens with zero attached hydrogens (tertiary/aromatic N) is 1. The maximum absolute atomic E-state index is 9.88. The summed E-state index contributed by atoms with van der Waals surface area (Å²) in [4.78, 5) is 2.23. The Labute approximate surface area is 96.6 Å². The molecule has 3 nitrogen and oxygen atoms in total. The molecule has 2 rings (SSSR count). The SMILES string of the molecule is CCN(c1ccccc1C)[C@@H]1COC[C@H]1O. The van der Waals surface area contributed by atoms with Crippen LogP contribution in [0.15, 0.2) is 24.3 Å². The number of rotatable bonds is 3. The minimum absolute atomic E-state index is 0.0890. The molecule has 2 atom stereocenters. The lowest BCUT2D eigenvalue weighted by atomic mass is 10.1. The molecule has 0 unspecified atom stereocenters. The molecule has 1 heterocycles. The normalized spacial score (nSPS) is 24.7. The Kier molecular flexibility index (Phi) is 3.46. The second-order valence-electron chi connectivity index (χ2n) is 4.24. The third-order valence-electron chi connectivity index (χ3n) is 3.19. The lowest BCUT2D eigenvalue weighted by molar-refractivity contribution is 0.124. The number of ether oxygens (including phenoxy) is 1. The first-order valence-corrected chi connectivity index (χ1v) is 5.82. The van der Waals surface area contributed by atoms with Gasteiger partial charge in [-0.1, -0.05) is 18.2 Å². The Bertz CT molecular complexity index is 354. The fourth-order valence-corrected chi connectivity index (χ4v) is 2.30. The van der Waals surface area contributed by atoms with E-state index in [0.717, 1.165) is 6.54 Å². The van der Waals surface area contributed by atoms with Crippen molar-refractivity contribution in [1.29, 1.82) is 0 Å². The number of likely N-dealkylation sites (N-methyl/N-ethyl adjacent to an activating group) is 1. The molecule has 0 spiro atoms. The van der Waals surface area contributed by atoms with E-state index >= 15 is 0 Å². The van der Waals surface area contributed by atoms with Crippen molar-refractivity contribution in [3.05, 3.63) is 29.8 Å². The second kappa shape index (κ2) is 4.85. The Morgan fingerprint density at radius 2 is 2.12 bits per heavy atom. The van der Waals surface area contributed by atoms with Crippen molar-refractivity contribution in [3.8, 4) is 0 Å². The molecule has 16 heavy (non-hydrogen) atoms. The van der Waals surface area contributed by atoms with Gasteiger partial charge in [0.15, 0.2) is 0 Å². The average molecular weight is 221 g/mol. The van der Waals surface area contributed by atoms with Crippen LogP contribution in [-0.2, 0) is 4.74 Å². The van der Waals surface area contributed by atoms with E-state index in [4.69, 9.17) is 4.74 Å². The fourth-order valence-electron chi connectivity index (χ4n) is 2.30. The molecule has 0 aromatic heterocycles. The molecule has 1 fully saturated rings. The monoisotopic (exact) mass is 221 g/mol. The first-order valence-electron chi connectivity index (χ1n) is 5.82. The Morgan fingerprint density at radius 3 is 2.69 bits per heavy atom. The summed E-state index contributed by atoms with van der Waals surface area (Å²) in [6, 6.07) is 8.36. The van der Waals surface area contributed by atoms with E-state index in [0.29, 0.717) is 13.2 Å². The van der Waals surface area contributed by atoms with Gasteiger partial charge in [-0.3, -0.25) is 0 Å². The predicted octanol–water partition coefficient (Wildman–Crippen LogP) is 1.58. The average Bonchev–Trinajstić information content (AvgIpc) is 2.69. The van der Waals surface area contributed by atoms with Gasteiger partial charge in [0.25, 0.3) is 0 Å². The molecule has 1 aliphatic heterocycles. The fraction of sp³-hybridized carbons (Fsp3) is 0.538. The second-order valence-corrected chi connectivity index (χ2v) is 4.24. The van der Waals surface area contributed by atoms with Gasteiger partial charge in [0, 0.05) is 12.2 Å². The number of hydrogen-bond acceptors (Lipinski definition) is 3. The molecule has 1 aliphatic rings. The maximum Gasteiger partial charge on any atom is 0.0998 e. The summed E-state index contributed by atoms with van der Waals surface area (Å²) >= 11 is 0. The van der Waals surface area contributed by atoms with Crippen LogP contribution in [0.4, 0.5) is 5.69 Å². The molecule has 1 N–H and O–H groups in total. The van der Waals surface area contributed by atoms with E-state index < -0.39 is 0 Å². The van der Waals surface area contributed by atoms with E-state index in [-0.39, 0.29) is 12.1 Å². The summed E-state index contributed by atoms with van der Waals surface area (Å²) in [5.74, 6) is 0. The minimum Gasteiger partial charge on any atom is -0.388 e. The van der Waals surface area contributed by atoms with Gasteiger partial charge in [0.05, 0.1) is 25.4 Å². The van der Waals surface area contributed by atoms with Crippen molar-refractivity contribution in [2.45, 2.75) is 26.0 Å². The Morgan fingerprint density at radius 1 is 1.38 bits per heavy atom. The highest BCUT2D eigenvalue weighted by atomic mass is 16.5. The van der Waals surface area contributed by atoms with Gasteiger partial charge in [-0.05, 0) is 25.5 Å². The van der Waals surface area contributed by atoms with Crippen molar-refractivity contribution in [1.82, 2.24) is 0 Å². The largest absolute Gasteiger partial charge is 0.388 e.